The average Bonchev–Trinajstić information content (AvgIpc) is 2.46. The summed E-state index contributed by atoms with van der Waals surface area (Å²) in [5.41, 5.74) is 4.49. The van der Waals surface area contributed by atoms with Crippen molar-refractivity contribution in [2.75, 3.05) is 7.05 Å². The number of hydrogen-bond donors (Lipinski definition) is 1. The monoisotopic (exact) mass is 255 g/mol. The number of carbonyl (C=O) groups excluding carboxylic acids is 1. The Morgan fingerprint density at radius 3 is 2.53 bits per heavy atom. The summed E-state index contributed by atoms with van der Waals surface area (Å²) < 4.78 is 5.10. The third-order valence-corrected chi connectivity index (χ3v) is 3.09. The van der Waals surface area contributed by atoms with Crippen LogP contribution in [0.5, 0.6) is 0 Å². The van der Waals surface area contributed by atoms with Gasteiger partial charge in [0.2, 0.25) is 0 Å². The molecule has 19 heavy (non-hydrogen) atoms. The molecule has 0 atom stereocenters. The number of rotatable bonds is 3. The molecule has 0 aliphatic heterocycles. The van der Waals surface area contributed by atoms with Crippen LogP contribution < -0.4 is 5.32 Å². The van der Waals surface area contributed by atoms with Gasteiger partial charge in [-0.1, -0.05) is 48.5 Å². The molecular weight excluding hydrogens is 238 g/mol. The van der Waals surface area contributed by atoms with Gasteiger partial charge in [-0.3, -0.25) is 0 Å². The van der Waals surface area contributed by atoms with Gasteiger partial charge in [-0.25, -0.2) is 4.79 Å². The first-order valence-electron chi connectivity index (χ1n) is 6.21. The van der Waals surface area contributed by atoms with Crippen molar-refractivity contribution in [2.24, 2.45) is 0 Å². The first kappa shape index (κ1) is 13.1. The normalized spacial score (nSPS) is 10.0. The topological polar surface area (TPSA) is 38.3 Å². The Hall–Kier alpha value is -2.29. The lowest BCUT2D eigenvalue weighted by Gasteiger charge is -2.12. The second-order valence-electron chi connectivity index (χ2n) is 4.28. The maximum absolute atomic E-state index is 11.1. The summed E-state index contributed by atoms with van der Waals surface area (Å²) in [5, 5.41) is 2.44. The molecular formula is C16H17NO2. The predicted octanol–water partition coefficient (Wildman–Crippen LogP) is 3.52. The van der Waals surface area contributed by atoms with E-state index in [0.29, 0.717) is 0 Å². The summed E-state index contributed by atoms with van der Waals surface area (Å²) in [4.78, 5) is 11.1. The lowest BCUT2D eigenvalue weighted by molar-refractivity contribution is 0.142. The molecule has 2 aromatic rings. The van der Waals surface area contributed by atoms with Gasteiger partial charge in [-0.2, -0.15) is 0 Å². The molecule has 0 radical (unpaired) electrons. The molecule has 0 spiro atoms. The van der Waals surface area contributed by atoms with Crippen molar-refractivity contribution in [1.82, 2.24) is 5.32 Å². The van der Waals surface area contributed by atoms with Gasteiger partial charge in [0.25, 0.3) is 0 Å². The fraction of sp³-hybridized carbons (Fsp3) is 0.188. The zero-order valence-corrected chi connectivity index (χ0v) is 11.1. The molecule has 1 amide bonds. The van der Waals surface area contributed by atoms with Gasteiger partial charge in [-0.05, 0) is 29.2 Å². The maximum Gasteiger partial charge on any atom is 0.407 e. The van der Waals surface area contributed by atoms with Crippen LogP contribution in [0.1, 0.15) is 11.1 Å². The van der Waals surface area contributed by atoms with E-state index in [-0.39, 0.29) is 6.61 Å². The second kappa shape index (κ2) is 6.05. The first-order chi connectivity index (χ1) is 9.22. The van der Waals surface area contributed by atoms with Crippen LogP contribution in [-0.2, 0) is 11.3 Å². The number of benzene rings is 2. The standard InChI is InChI=1S/C16H17NO2/c1-12-14(11-19-16(18)17-2)9-6-10-15(12)13-7-4-3-5-8-13/h3-10H,11H2,1-2H3,(H,17,18). The fourth-order valence-electron chi connectivity index (χ4n) is 1.99. The van der Waals surface area contributed by atoms with Crippen LogP contribution in [0.15, 0.2) is 48.5 Å². The number of alkyl carbamates (subject to hydrolysis) is 1. The molecule has 98 valence electrons. The number of ether oxygens (including phenoxy) is 1. The zero-order chi connectivity index (χ0) is 13.7. The third-order valence-electron chi connectivity index (χ3n) is 3.09. The highest BCUT2D eigenvalue weighted by Gasteiger charge is 2.07. The molecule has 1 N–H and O–H groups in total. The molecule has 0 unspecified atom stereocenters. The van der Waals surface area contributed by atoms with E-state index in [0.717, 1.165) is 11.1 Å². The minimum Gasteiger partial charge on any atom is -0.445 e. The Morgan fingerprint density at radius 2 is 1.84 bits per heavy atom. The van der Waals surface area contributed by atoms with Crippen molar-refractivity contribution in [3.63, 3.8) is 0 Å². The van der Waals surface area contributed by atoms with Crippen molar-refractivity contribution in [3.05, 3.63) is 59.7 Å². The molecule has 3 heteroatoms. The highest BCUT2D eigenvalue weighted by Crippen LogP contribution is 2.25. The maximum atomic E-state index is 11.1. The molecule has 0 saturated carbocycles. The highest BCUT2D eigenvalue weighted by atomic mass is 16.5. The summed E-state index contributed by atoms with van der Waals surface area (Å²) in [6.45, 7) is 2.33. The minimum atomic E-state index is -0.412. The molecule has 0 aliphatic rings. The Balaban J connectivity index is 2.26. The van der Waals surface area contributed by atoms with E-state index in [1.165, 1.54) is 11.1 Å². The summed E-state index contributed by atoms with van der Waals surface area (Å²) >= 11 is 0. The van der Waals surface area contributed by atoms with Crippen molar-refractivity contribution < 1.29 is 9.53 Å². The van der Waals surface area contributed by atoms with Gasteiger partial charge in [0.15, 0.2) is 0 Å². The number of carbonyl (C=O) groups is 1. The SMILES string of the molecule is CNC(=O)OCc1cccc(-c2ccccc2)c1C. The molecule has 3 nitrogen and oxygen atoms in total. The first-order valence-corrected chi connectivity index (χ1v) is 6.21. The zero-order valence-electron chi connectivity index (χ0n) is 11.1. The fourth-order valence-corrected chi connectivity index (χ4v) is 1.99. The van der Waals surface area contributed by atoms with Crippen LogP contribution >= 0.6 is 0 Å². The Labute approximate surface area is 113 Å². The van der Waals surface area contributed by atoms with Gasteiger partial charge in [0.1, 0.15) is 6.61 Å². The summed E-state index contributed by atoms with van der Waals surface area (Å²) in [6, 6.07) is 16.2. The van der Waals surface area contributed by atoms with Crippen LogP contribution in [0.3, 0.4) is 0 Å². The average molecular weight is 255 g/mol. The summed E-state index contributed by atoms with van der Waals surface area (Å²) in [6.07, 6.45) is -0.412. The number of nitrogens with one attached hydrogen (secondary N) is 1. The van der Waals surface area contributed by atoms with Crippen LogP contribution in [0.25, 0.3) is 11.1 Å². The summed E-state index contributed by atoms with van der Waals surface area (Å²) in [7, 11) is 1.55. The van der Waals surface area contributed by atoms with E-state index >= 15 is 0 Å². The van der Waals surface area contributed by atoms with E-state index in [9.17, 15) is 4.79 Å². The highest BCUT2D eigenvalue weighted by molar-refractivity contribution is 5.69. The Morgan fingerprint density at radius 1 is 1.11 bits per heavy atom. The van der Waals surface area contributed by atoms with Crippen molar-refractivity contribution in [2.45, 2.75) is 13.5 Å². The lowest BCUT2D eigenvalue weighted by atomic mass is 9.97. The number of amides is 1. The van der Waals surface area contributed by atoms with E-state index < -0.39 is 6.09 Å². The Kier molecular flexibility index (Phi) is 4.18. The van der Waals surface area contributed by atoms with Crippen molar-refractivity contribution >= 4 is 6.09 Å². The Bertz CT molecular complexity index is 564. The van der Waals surface area contributed by atoms with Gasteiger partial charge in [-0.15, -0.1) is 0 Å². The van der Waals surface area contributed by atoms with Crippen LogP contribution in [-0.4, -0.2) is 13.1 Å². The lowest BCUT2D eigenvalue weighted by Crippen LogP contribution is -2.19. The molecule has 0 aliphatic carbocycles. The second-order valence-corrected chi connectivity index (χ2v) is 4.28. The van der Waals surface area contributed by atoms with E-state index in [1.807, 2.05) is 37.3 Å². The largest absolute Gasteiger partial charge is 0.445 e. The minimum absolute atomic E-state index is 0.284. The molecule has 0 saturated heterocycles. The third kappa shape index (κ3) is 3.13. The van der Waals surface area contributed by atoms with Crippen LogP contribution in [0, 0.1) is 6.92 Å². The molecule has 2 rings (SSSR count). The van der Waals surface area contributed by atoms with E-state index in [1.54, 1.807) is 7.05 Å². The van der Waals surface area contributed by atoms with Gasteiger partial charge >= 0.3 is 6.09 Å². The van der Waals surface area contributed by atoms with E-state index in [2.05, 4.69) is 23.5 Å². The van der Waals surface area contributed by atoms with Crippen molar-refractivity contribution in [3.8, 4) is 11.1 Å². The van der Waals surface area contributed by atoms with Gasteiger partial charge < -0.3 is 10.1 Å². The van der Waals surface area contributed by atoms with Crippen molar-refractivity contribution in [1.29, 1.82) is 0 Å². The number of hydrogen-bond acceptors (Lipinski definition) is 2. The quantitative estimate of drug-likeness (QED) is 0.911. The molecule has 0 bridgehead atoms. The predicted molar refractivity (Wildman–Crippen MR) is 75.9 cm³/mol. The van der Waals surface area contributed by atoms with E-state index in [4.69, 9.17) is 4.74 Å². The van der Waals surface area contributed by atoms with Crippen LogP contribution in [0.4, 0.5) is 4.79 Å². The molecule has 0 heterocycles. The smallest absolute Gasteiger partial charge is 0.407 e. The molecule has 0 aromatic heterocycles. The van der Waals surface area contributed by atoms with Crippen LogP contribution in [0.2, 0.25) is 0 Å². The molecule has 0 fully saturated rings. The van der Waals surface area contributed by atoms with Gasteiger partial charge in [0.05, 0.1) is 0 Å². The van der Waals surface area contributed by atoms with Gasteiger partial charge in [0, 0.05) is 7.05 Å². The molecule has 2 aromatic carbocycles. The summed E-state index contributed by atoms with van der Waals surface area (Å²) in [5.74, 6) is 0.